The van der Waals surface area contributed by atoms with Crippen LogP contribution in [0.5, 0.6) is 63.2 Å². The number of urea groups is 1. The molecule has 4 atom stereocenters. The summed E-state index contributed by atoms with van der Waals surface area (Å²) in [7, 11) is 0. The van der Waals surface area contributed by atoms with Crippen LogP contribution >= 0.6 is 0 Å². The van der Waals surface area contributed by atoms with Gasteiger partial charge in [0.2, 0.25) is 52.0 Å². The Morgan fingerprint density at radius 3 is 1.58 bits per heavy atom. The van der Waals surface area contributed by atoms with Crippen molar-refractivity contribution < 1.29 is 131 Å². The van der Waals surface area contributed by atoms with Crippen LogP contribution in [0.3, 0.4) is 0 Å². The van der Waals surface area contributed by atoms with Crippen molar-refractivity contribution in [2.24, 2.45) is 0 Å². The van der Waals surface area contributed by atoms with Crippen LogP contribution in [0.15, 0.2) is 18.2 Å². The molecule has 0 aromatic heterocycles. The van der Waals surface area contributed by atoms with Gasteiger partial charge in [-0.1, -0.05) is 18.2 Å². The van der Waals surface area contributed by atoms with E-state index in [1.54, 1.807) is 11.4 Å². The molecule has 0 radical (unpaired) electrons. The normalized spacial score (nSPS) is 18.2. The number of phenols is 10. The zero-order valence-corrected chi connectivity index (χ0v) is 33.5. The summed E-state index contributed by atoms with van der Waals surface area (Å²) < 4.78 is 5.49. The SMILES string of the molecule is Cc1cccc(C)c1OCC(=O)CC(O)(C(O)CC(NC(=O)C(C)N1C(=O)NC(O)(O)C(O)(O)C1(O)O)C(O)(O)c1c(O)c(O)c(O)c(O)c1O)C(O)(O)c1c(O)c(O)c(O)c(O)c1O. The zero-order chi connectivity index (χ0) is 50.1. The van der Waals surface area contributed by atoms with Crippen molar-refractivity contribution in [1.29, 1.82) is 0 Å². The maximum Gasteiger partial charge on any atom is 0.326 e. The van der Waals surface area contributed by atoms with E-state index >= 15 is 0 Å². The lowest BCUT2D eigenvalue weighted by molar-refractivity contribution is -0.495. The molecular formula is C36H45N3O26. The Labute approximate surface area is 361 Å². The minimum absolute atomic E-state index is 0.0515. The summed E-state index contributed by atoms with van der Waals surface area (Å²) in [6, 6.07) is -3.35. The standard InChI is InChI=1S/C36H45N3O26/c1-10-5-4-6-11(2)28(10)65-9-13(40)8-31(54,33(57,58)17-20(44)24(48)27(51)25(49)21(17)45)15(41)7-14(32(55,56)16-18(42)22(46)26(50)23(47)19(16)43)37-29(52)12(3)39-30(53)38-35(61,62)34(59,60)36(39,63)64/h4-6,12,14-15,41-51,54-64H,7-9H2,1-3H3,(H,37,52)(H,38,53). The van der Waals surface area contributed by atoms with Gasteiger partial charge in [0.15, 0.2) is 34.4 Å². The Hall–Kier alpha value is -6.61. The number of Topliss-reactive ketones (excluding diaryl/α,β-unsaturated/α-hetero) is 1. The molecule has 3 aromatic carbocycles. The number of phenolic OH excluding ortho intramolecular Hbond substituents is 10. The Kier molecular flexibility index (Phi) is 13.1. The van der Waals surface area contributed by atoms with Crippen LogP contribution in [0, 0.1) is 13.8 Å². The smallest absolute Gasteiger partial charge is 0.326 e. The molecule has 0 saturated carbocycles. The molecule has 1 aliphatic heterocycles. The second kappa shape index (κ2) is 16.7. The van der Waals surface area contributed by atoms with E-state index in [-0.39, 0.29) is 5.75 Å². The minimum atomic E-state index is -4.67. The predicted molar refractivity (Wildman–Crippen MR) is 202 cm³/mol. The topological polar surface area (TPSA) is 533 Å². The molecule has 29 nitrogen and oxygen atoms in total. The van der Waals surface area contributed by atoms with Crippen LogP contribution in [-0.4, -0.2) is 183 Å². The van der Waals surface area contributed by atoms with E-state index in [0.29, 0.717) is 18.1 Å². The molecule has 3 amide bonds. The summed E-state index contributed by atoms with van der Waals surface area (Å²) in [5.41, 5.74) is -7.37. The number of ether oxygens (including phenoxy) is 1. The number of amides is 3. The number of benzene rings is 3. The quantitative estimate of drug-likeness (QED) is 0.0383. The van der Waals surface area contributed by atoms with Crippen LogP contribution in [-0.2, 0) is 21.2 Å². The van der Waals surface area contributed by atoms with Gasteiger partial charge in [-0.15, -0.1) is 0 Å². The molecule has 3 aromatic rings. The fraction of sp³-hybridized carbons (Fsp3) is 0.417. The van der Waals surface area contributed by atoms with E-state index in [1.807, 2.05) is 0 Å². The van der Waals surface area contributed by atoms with Crippen molar-refractivity contribution in [3.05, 3.63) is 40.5 Å². The van der Waals surface area contributed by atoms with Gasteiger partial charge in [-0.25, -0.2) is 4.79 Å². The highest BCUT2D eigenvalue weighted by atomic mass is 16.7. The summed E-state index contributed by atoms with van der Waals surface area (Å²) in [4.78, 5) is 39.5. The fourth-order valence-electron chi connectivity index (χ4n) is 6.88. The Balaban J connectivity index is 1.95. The average Bonchev–Trinajstić information content (AvgIpc) is 3.19. The van der Waals surface area contributed by atoms with Gasteiger partial charge in [0.25, 0.3) is 0 Å². The van der Waals surface area contributed by atoms with Crippen molar-refractivity contribution in [2.45, 2.75) is 86.6 Å². The molecule has 0 spiro atoms. The molecule has 24 N–H and O–H groups in total. The second-order valence-electron chi connectivity index (χ2n) is 15.1. The number of aryl methyl sites for hydroxylation is 2. The van der Waals surface area contributed by atoms with E-state index in [9.17, 15) is 127 Å². The van der Waals surface area contributed by atoms with E-state index in [2.05, 4.69) is 0 Å². The lowest BCUT2D eigenvalue weighted by atomic mass is 9.75. The first-order chi connectivity index (χ1) is 29.5. The van der Waals surface area contributed by atoms with E-state index in [4.69, 9.17) is 4.74 Å². The third-order valence-corrected chi connectivity index (χ3v) is 10.7. The van der Waals surface area contributed by atoms with Gasteiger partial charge in [0, 0.05) is 12.8 Å². The van der Waals surface area contributed by atoms with Gasteiger partial charge in [0.1, 0.15) is 29.5 Å². The van der Waals surface area contributed by atoms with Gasteiger partial charge >= 0.3 is 23.6 Å². The van der Waals surface area contributed by atoms with E-state index in [0.717, 1.165) is 5.32 Å². The summed E-state index contributed by atoms with van der Waals surface area (Å²) in [5.74, 6) is -44.8. The van der Waals surface area contributed by atoms with Crippen molar-refractivity contribution in [3.63, 3.8) is 0 Å². The molecule has 0 aliphatic carbocycles. The highest BCUT2D eigenvalue weighted by Gasteiger charge is 2.72. The highest BCUT2D eigenvalue weighted by Crippen LogP contribution is 2.57. The lowest BCUT2D eigenvalue weighted by Gasteiger charge is -2.52. The molecule has 1 heterocycles. The monoisotopic (exact) mass is 935 g/mol. The molecular weight excluding hydrogens is 890 g/mol. The van der Waals surface area contributed by atoms with Crippen LogP contribution in [0.4, 0.5) is 4.79 Å². The fourth-order valence-corrected chi connectivity index (χ4v) is 6.88. The maximum absolute atomic E-state index is 13.8. The molecule has 360 valence electrons. The average molecular weight is 936 g/mol. The van der Waals surface area contributed by atoms with Crippen LogP contribution in [0.25, 0.3) is 0 Å². The highest BCUT2D eigenvalue weighted by molar-refractivity contribution is 5.88. The summed E-state index contributed by atoms with van der Waals surface area (Å²) >= 11 is 0. The minimum Gasteiger partial charge on any atom is -0.504 e. The Morgan fingerprint density at radius 1 is 0.723 bits per heavy atom. The van der Waals surface area contributed by atoms with Crippen molar-refractivity contribution in [2.75, 3.05) is 6.61 Å². The number of aliphatic hydroxyl groups excluding tert-OH is 1. The number of aromatic hydroxyl groups is 10. The van der Waals surface area contributed by atoms with Gasteiger partial charge in [0.05, 0.1) is 12.1 Å². The van der Waals surface area contributed by atoms with Crippen molar-refractivity contribution in [3.8, 4) is 63.2 Å². The zero-order valence-electron chi connectivity index (χ0n) is 33.5. The molecule has 4 rings (SSSR count). The summed E-state index contributed by atoms with van der Waals surface area (Å²) in [6.45, 7) is 2.37. The Morgan fingerprint density at radius 2 is 1.14 bits per heavy atom. The predicted octanol–water partition coefficient (Wildman–Crippen LogP) is -6.29. The third kappa shape index (κ3) is 8.11. The first kappa shape index (κ1) is 51.0. The van der Waals surface area contributed by atoms with Crippen molar-refractivity contribution in [1.82, 2.24) is 15.5 Å². The number of hydrogen-bond donors (Lipinski definition) is 24. The number of nitrogens with one attached hydrogen (secondary N) is 2. The summed E-state index contributed by atoms with van der Waals surface area (Å²) in [5, 5.41) is 237. The van der Waals surface area contributed by atoms with Gasteiger partial charge in [-0.2, -0.15) is 0 Å². The Bertz CT molecular complexity index is 2320. The molecule has 0 bridgehead atoms. The number of ketones is 1. The van der Waals surface area contributed by atoms with Crippen LogP contribution in [0.1, 0.15) is 42.0 Å². The first-order valence-corrected chi connectivity index (χ1v) is 18.1. The number of carbonyl (C=O) groups is 3. The number of para-hydroxylation sites is 1. The number of aliphatic hydroxyl groups is 12. The summed E-state index contributed by atoms with van der Waals surface area (Å²) in [6.07, 6.45) is -7.32. The molecule has 65 heavy (non-hydrogen) atoms. The third-order valence-electron chi connectivity index (χ3n) is 10.7. The molecule has 29 heteroatoms. The molecule has 1 saturated heterocycles. The first-order valence-electron chi connectivity index (χ1n) is 18.1. The molecule has 4 unspecified atom stereocenters. The van der Waals surface area contributed by atoms with Gasteiger partial charge in [-0.3, -0.25) is 19.8 Å². The van der Waals surface area contributed by atoms with Gasteiger partial charge < -0.3 is 122 Å². The number of nitrogens with zero attached hydrogens (tertiary/aromatic N) is 1. The van der Waals surface area contributed by atoms with Crippen molar-refractivity contribution >= 4 is 17.7 Å². The second-order valence-corrected chi connectivity index (χ2v) is 15.1. The number of hydrogen-bond acceptors (Lipinski definition) is 26. The van der Waals surface area contributed by atoms with E-state index in [1.165, 1.54) is 26.0 Å². The van der Waals surface area contributed by atoms with Crippen LogP contribution < -0.4 is 15.4 Å². The number of carbonyl (C=O) groups excluding carboxylic acids is 3. The number of rotatable bonds is 15. The largest absolute Gasteiger partial charge is 0.504 e. The van der Waals surface area contributed by atoms with E-state index < -0.39 is 164 Å². The van der Waals surface area contributed by atoms with Gasteiger partial charge in [-0.05, 0) is 31.9 Å². The molecule has 1 aliphatic rings. The molecule has 1 fully saturated rings. The lowest BCUT2D eigenvalue weighted by Crippen LogP contribution is -2.86. The maximum atomic E-state index is 13.8. The van der Waals surface area contributed by atoms with Crippen LogP contribution in [0.2, 0.25) is 0 Å².